The van der Waals surface area contributed by atoms with Gasteiger partial charge in [-0.05, 0) is 30.7 Å². The molecule has 7 heteroatoms. The number of carbonyl (C=O) groups is 2. The lowest BCUT2D eigenvalue weighted by molar-refractivity contribution is -0.126. The fourth-order valence-electron chi connectivity index (χ4n) is 1.92. The molecule has 0 radical (unpaired) electrons. The molecule has 108 valence electrons. The van der Waals surface area contributed by atoms with Crippen LogP contribution in [0.1, 0.15) is 12.8 Å². The summed E-state index contributed by atoms with van der Waals surface area (Å²) in [5, 5.41) is 5.30. The summed E-state index contributed by atoms with van der Waals surface area (Å²) >= 11 is 0. The second kappa shape index (κ2) is 6.31. The molecule has 20 heavy (non-hydrogen) atoms. The van der Waals surface area contributed by atoms with Crippen LogP contribution in [0.4, 0.5) is 14.5 Å². The topological polar surface area (TPSA) is 67.4 Å². The molecule has 1 aromatic rings. The SMILES string of the molecule is O=C1CCC(C(=O)Nc2ccc(OC(F)F)cc2)CN1. The number of halogens is 2. The summed E-state index contributed by atoms with van der Waals surface area (Å²) in [5.41, 5.74) is 0.494. The monoisotopic (exact) mass is 284 g/mol. The predicted molar refractivity (Wildman–Crippen MR) is 67.4 cm³/mol. The van der Waals surface area contributed by atoms with E-state index in [1.807, 2.05) is 0 Å². The fraction of sp³-hybridized carbons (Fsp3) is 0.385. The van der Waals surface area contributed by atoms with Crippen LogP contribution < -0.4 is 15.4 Å². The summed E-state index contributed by atoms with van der Waals surface area (Å²) in [5.74, 6) is -0.498. The lowest BCUT2D eigenvalue weighted by atomic mass is 9.98. The molecule has 2 rings (SSSR count). The quantitative estimate of drug-likeness (QED) is 0.885. The van der Waals surface area contributed by atoms with Gasteiger partial charge in [0.15, 0.2) is 0 Å². The van der Waals surface area contributed by atoms with Gasteiger partial charge in [0.05, 0.1) is 5.92 Å². The van der Waals surface area contributed by atoms with Crippen molar-refractivity contribution in [2.75, 3.05) is 11.9 Å². The van der Waals surface area contributed by atoms with Crippen LogP contribution in [0.5, 0.6) is 5.75 Å². The van der Waals surface area contributed by atoms with Gasteiger partial charge in [-0.2, -0.15) is 8.78 Å². The third-order valence-corrected chi connectivity index (χ3v) is 2.98. The van der Waals surface area contributed by atoms with Crippen molar-refractivity contribution in [3.8, 4) is 5.75 Å². The maximum atomic E-state index is 12.0. The highest BCUT2D eigenvalue weighted by Gasteiger charge is 2.24. The normalized spacial score (nSPS) is 18.6. The zero-order valence-corrected chi connectivity index (χ0v) is 10.6. The van der Waals surface area contributed by atoms with Gasteiger partial charge < -0.3 is 15.4 Å². The van der Waals surface area contributed by atoms with Gasteiger partial charge in [0.1, 0.15) is 5.75 Å². The number of carbonyl (C=O) groups excluding carboxylic acids is 2. The predicted octanol–water partition coefficient (Wildman–Crippen LogP) is 1.75. The second-order valence-corrected chi connectivity index (χ2v) is 4.43. The Morgan fingerprint density at radius 1 is 1.35 bits per heavy atom. The van der Waals surface area contributed by atoms with Gasteiger partial charge in [-0.15, -0.1) is 0 Å². The highest BCUT2D eigenvalue weighted by Crippen LogP contribution is 2.19. The number of ether oxygens (including phenoxy) is 1. The van der Waals surface area contributed by atoms with Crippen LogP contribution >= 0.6 is 0 Å². The third kappa shape index (κ3) is 3.91. The van der Waals surface area contributed by atoms with E-state index >= 15 is 0 Å². The molecule has 1 aliphatic rings. The number of alkyl halides is 2. The molecule has 0 saturated carbocycles. The summed E-state index contributed by atoms with van der Waals surface area (Å²) in [4.78, 5) is 22.9. The van der Waals surface area contributed by atoms with Crippen molar-refractivity contribution in [3.63, 3.8) is 0 Å². The zero-order chi connectivity index (χ0) is 14.5. The van der Waals surface area contributed by atoms with Crippen molar-refractivity contribution in [3.05, 3.63) is 24.3 Å². The first-order valence-corrected chi connectivity index (χ1v) is 6.17. The van der Waals surface area contributed by atoms with Crippen LogP contribution in [0.25, 0.3) is 0 Å². The third-order valence-electron chi connectivity index (χ3n) is 2.98. The molecule has 2 amide bonds. The molecular weight excluding hydrogens is 270 g/mol. The summed E-state index contributed by atoms with van der Waals surface area (Å²) in [6.07, 6.45) is 0.837. The molecule has 1 atom stereocenters. The Balaban J connectivity index is 1.89. The largest absolute Gasteiger partial charge is 0.435 e. The maximum absolute atomic E-state index is 12.0. The van der Waals surface area contributed by atoms with Crippen LogP contribution in [-0.4, -0.2) is 25.0 Å². The van der Waals surface area contributed by atoms with E-state index in [0.717, 1.165) is 0 Å². The maximum Gasteiger partial charge on any atom is 0.387 e. The van der Waals surface area contributed by atoms with E-state index in [1.165, 1.54) is 24.3 Å². The van der Waals surface area contributed by atoms with Gasteiger partial charge in [-0.25, -0.2) is 0 Å². The van der Waals surface area contributed by atoms with Gasteiger partial charge in [0, 0.05) is 18.7 Å². The van der Waals surface area contributed by atoms with Crippen LogP contribution in [0.15, 0.2) is 24.3 Å². The summed E-state index contributed by atoms with van der Waals surface area (Å²) in [7, 11) is 0. The average Bonchev–Trinajstić information content (AvgIpc) is 2.41. The second-order valence-electron chi connectivity index (χ2n) is 4.43. The van der Waals surface area contributed by atoms with Crippen molar-refractivity contribution in [1.82, 2.24) is 5.32 Å². The highest BCUT2D eigenvalue weighted by molar-refractivity contribution is 5.94. The number of piperidine rings is 1. The Bertz CT molecular complexity index is 481. The molecule has 1 heterocycles. The smallest absolute Gasteiger partial charge is 0.387 e. The Hall–Kier alpha value is -2.18. The van der Waals surface area contributed by atoms with Crippen molar-refractivity contribution in [2.24, 2.45) is 5.92 Å². The molecule has 1 aliphatic heterocycles. The molecule has 1 unspecified atom stereocenters. The van der Waals surface area contributed by atoms with Crippen LogP contribution in [-0.2, 0) is 9.59 Å². The summed E-state index contributed by atoms with van der Waals surface area (Å²) < 4.78 is 28.2. The van der Waals surface area contributed by atoms with Gasteiger partial charge >= 0.3 is 6.61 Å². The first kappa shape index (κ1) is 14.2. The van der Waals surface area contributed by atoms with Gasteiger partial charge in [0.2, 0.25) is 11.8 Å². The molecule has 2 N–H and O–H groups in total. The number of nitrogens with one attached hydrogen (secondary N) is 2. The Morgan fingerprint density at radius 2 is 2.05 bits per heavy atom. The lowest BCUT2D eigenvalue weighted by Gasteiger charge is -2.21. The molecule has 0 aliphatic carbocycles. The van der Waals surface area contributed by atoms with Crippen LogP contribution in [0.3, 0.4) is 0 Å². The van der Waals surface area contributed by atoms with E-state index in [2.05, 4.69) is 15.4 Å². The minimum Gasteiger partial charge on any atom is -0.435 e. The van der Waals surface area contributed by atoms with Crippen LogP contribution in [0, 0.1) is 5.92 Å². The summed E-state index contributed by atoms with van der Waals surface area (Å²) in [6.45, 7) is -2.56. The minimum absolute atomic E-state index is 0.0305. The molecule has 1 aromatic carbocycles. The van der Waals surface area contributed by atoms with Crippen LogP contribution in [0.2, 0.25) is 0 Å². The molecule has 5 nitrogen and oxygen atoms in total. The number of anilines is 1. The van der Waals surface area contributed by atoms with Crippen molar-refractivity contribution in [1.29, 1.82) is 0 Å². The summed E-state index contributed by atoms with van der Waals surface area (Å²) in [6, 6.07) is 5.67. The lowest BCUT2D eigenvalue weighted by Crippen LogP contribution is -2.40. The van der Waals surface area contributed by atoms with Gasteiger partial charge in [0.25, 0.3) is 0 Å². The van der Waals surface area contributed by atoms with E-state index in [1.54, 1.807) is 0 Å². The van der Waals surface area contributed by atoms with Crippen molar-refractivity contribution >= 4 is 17.5 Å². The number of rotatable bonds is 4. The molecular formula is C13H14F2N2O3. The van der Waals surface area contributed by atoms with Crippen molar-refractivity contribution in [2.45, 2.75) is 19.5 Å². The number of hydrogen-bond acceptors (Lipinski definition) is 3. The molecule has 1 fully saturated rings. The first-order valence-electron chi connectivity index (χ1n) is 6.17. The standard InChI is InChI=1S/C13H14F2N2O3/c14-13(15)20-10-4-2-9(3-5-10)17-12(19)8-1-6-11(18)16-7-8/h2-5,8,13H,1,6-7H2,(H,16,18)(H,17,19). The van der Waals surface area contributed by atoms with E-state index in [-0.39, 0.29) is 23.5 Å². The number of amides is 2. The van der Waals surface area contributed by atoms with E-state index in [4.69, 9.17) is 0 Å². The Morgan fingerprint density at radius 3 is 2.60 bits per heavy atom. The fourth-order valence-corrected chi connectivity index (χ4v) is 1.92. The van der Waals surface area contributed by atoms with E-state index < -0.39 is 6.61 Å². The van der Waals surface area contributed by atoms with E-state index in [9.17, 15) is 18.4 Å². The molecule has 0 aromatic heterocycles. The van der Waals surface area contributed by atoms with Gasteiger partial charge in [-0.3, -0.25) is 9.59 Å². The average molecular weight is 284 g/mol. The molecule has 0 spiro atoms. The van der Waals surface area contributed by atoms with Gasteiger partial charge in [-0.1, -0.05) is 0 Å². The number of benzene rings is 1. The number of hydrogen-bond donors (Lipinski definition) is 2. The Labute approximate surface area is 114 Å². The Kier molecular flexibility index (Phi) is 4.49. The van der Waals surface area contributed by atoms with E-state index in [0.29, 0.717) is 25.1 Å². The zero-order valence-electron chi connectivity index (χ0n) is 10.6. The molecule has 0 bridgehead atoms. The first-order chi connectivity index (χ1) is 9.54. The minimum atomic E-state index is -2.87. The van der Waals surface area contributed by atoms with Crippen molar-refractivity contribution < 1.29 is 23.1 Å². The molecule has 1 saturated heterocycles. The highest BCUT2D eigenvalue weighted by atomic mass is 19.3.